The molecule has 0 atom stereocenters. The molecule has 0 saturated carbocycles. The van der Waals surface area contributed by atoms with Crippen molar-refractivity contribution in [1.29, 1.82) is 0 Å². The largest absolute Gasteiger partial charge is 0.416 e. The summed E-state index contributed by atoms with van der Waals surface area (Å²) in [6.07, 6.45) is -4.35. The van der Waals surface area contributed by atoms with Crippen LogP contribution in [0.3, 0.4) is 0 Å². The Hall–Kier alpha value is -2.08. The van der Waals surface area contributed by atoms with Crippen molar-refractivity contribution in [2.45, 2.75) is 26.2 Å². The lowest BCUT2D eigenvalue weighted by Gasteiger charge is -2.29. The van der Waals surface area contributed by atoms with Crippen LogP contribution in [0.15, 0.2) is 47.5 Å². The van der Waals surface area contributed by atoms with Crippen LogP contribution in [0.25, 0.3) is 0 Å². The van der Waals surface area contributed by atoms with Gasteiger partial charge in [0.25, 0.3) is 0 Å². The first-order valence-electron chi connectivity index (χ1n) is 10.2. The first-order chi connectivity index (χ1) is 14.9. The number of benzene rings is 2. The number of nitrogens with zero attached hydrogens (tertiary/aromatic N) is 2. The van der Waals surface area contributed by atoms with E-state index in [1.807, 2.05) is 17.9 Å². The first-order valence-corrected chi connectivity index (χ1v) is 10.2. The van der Waals surface area contributed by atoms with Crippen LogP contribution < -0.4 is 15.5 Å². The minimum absolute atomic E-state index is 0. The minimum atomic E-state index is -4.35. The fraction of sp³-hybridized carbons (Fsp3) is 0.409. The molecule has 0 spiro atoms. The Morgan fingerprint density at radius 2 is 1.69 bits per heavy atom. The Bertz CT molecular complexity index is 884. The molecule has 2 aromatic carbocycles. The second-order valence-corrected chi connectivity index (χ2v) is 7.13. The number of morpholine rings is 1. The van der Waals surface area contributed by atoms with E-state index in [0.29, 0.717) is 56.6 Å². The highest BCUT2D eigenvalue weighted by Gasteiger charge is 2.29. The van der Waals surface area contributed by atoms with Crippen molar-refractivity contribution in [2.75, 3.05) is 37.7 Å². The molecule has 1 aliphatic rings. The lowest BCUT2D eigenvalue weighted by atomic mass is 10.1. The van der Waals surface area contributed by atoms with E-state index >= 15 is 0 Å². The Kier molecular flexibility index (Phi) is 10.0. The molecule has 1 saturated heterocycles. The maximum Gasteiger partial charge on any atom is 0.416 e. The Balaban J connectivity index is 0.00000363. The van der Waals surface area contributed by atoms with E-state index < -0.39 is 11.7 Å². The van der Waals surface area contributed by atoms with Gasteiger partial charge in [-0.3, -0.25) is 0 Å². The summed E-state index contributed by atoms with van der Waals surface area (Å²) in [7, 11) is 0. The molecule has 32 heavy (non-hydrogen) atoms. The Morgan fingerprint density at radius 1 is 1.03 bits per heavy atom. The molecule has 3 rings (SSSR count). The van der Waals surface area contributed by atoms with Gasteiger partial charge in [-0.1, -0.05) is 18.2 Å². The molecule has 1 fully saturated rings. The zero-order valence-electron chi connectivity index (χ0n) is 17.7. The molecular weight excluding hydrogens is 539 g/mol. The van der Waals surface area contributed by atoms with E-state index in [2.05, 4.69) is 15.6 Å². The van der Waals surface area contributed by atoms with Crippen molar-refractivity contribution >= 4 is 35.6 Å². The summed E-state index contributed by atoms with van der Waals surface area (Å²) >= 11 is 0. The van der Waals surface area contributed by atoms with Crippen molar-refractivity contribution < 1.29 is 22.3 Å². The number of anilines is 1. The second kappa shape index (κ2) is 12.2. The molecule has 1 aliphatic heterocycles. The third kappa shape index (κ3) is 7.51. The fourth-order valence-electron chi connectivity index (χ4n) is 3.22. The maximum absolute atomic E-state index is 14.6. The predicted octanol–water partition coefficient (Wildman–Crippen LogP) is 4.55. The number of alkyl halides is 3. The highest BCUT2D eigenvalue weighted by molar-refractivity contribution is 14.0. The summed E-state index contributed by atoms with van der Waals surface area (Å²) < 4.78 is 57.9. The van der Waals surface area contributed by atoms with E-state index in [9.17, 15) is 17.6 Å². The van der Waals surface area contributed by atoms with Gasteiger partial charge < -0.3 is 20.3 Å². The third-order valence-electron chi connectivity index (χ3n) is 4.87. The average Bonchev–Trinajstić information content (AvgIpc) is 2.76. The number of hydrogen-bond acceptors (Lipinski definition) is 3. The zero-order valence-corrected chi connectivity index (χ0v) is 20.0. The molecule has 5 nitrogen and oxygen atoms in total. The van der Waals surface area contributed by atoms with Crippen molar-refractivity contribution in [3.63, 3.8) is 0 Å². The van der Waals surface area contributed by atoms with Crippen molar-refractivity contribution in [2.24, 2.45) is 4.99 Å². The summed E-state index contributed by atoms with van der Waals surface area (Å²) in [5, 5.41) is 6.16. The number of hydrogen-bond donors (Lipinski definition) is 2. The number of guanidine groups is 1. The molecule has 10 heteroatoms. The normalized spacial score (nSPS) is 14.7. The summed E-state index contributed by atoms with van der Waals surface area (Å²) in [6, 6.07) is 10.1. The van der Waals surface area contributed by atoms with E-state index in [4.69, 9.17) is 4.74 Å². The van der Waals surface area contributed by atoms with Gasteiger partial charge in [-0.05, 0) is 42.3 Å². The average molecular weight is 566 g/mol. The van der Waals surface area contributed by atoms with Gasteiger partial charge in [0.15, 0.2) is 5.96 Å². The summed E-state index contributed by atoms with van der Waals surface area (Å²) in [5.74, 6) is 0.206. The smallest absolute Gasteiger partial charge is 0.378 e. The van der Waals surface area contributed by atoms with Gasteiger partial charge in [0.1, 0.15) is 5.82 Å². The summed E-state index contributed by atoms with van der Waals surface area (Å²) in [5.41, 5.74) is 1.29. The molecule has 176 valence electrons. The van der Waals surface area contributed by atoms with Gasteiger partial charge in [-0.2, -0.15) is 13.2 Å². The number of halogens is 5. The number of rotatable bonds is 6. The fourth-order valence-corrected chi connectivity index (χ4v) is 3.22. The maximum atomic E-state index is 14.6. The molecule has 0 amide bonds. The van der Waals surface area contributed by atoms with Gasteiger partial charge in [-0.15, -0.1) is 24.0 Å². The standard InChI is InChI=1S/C22H26F4N4O.HI/c1-2-27-21(28-14-16-3-6-18(7-4-16)22(24,25)26)29-15-17-5-8-20(19(23)13-17)30-9-11-31-12-10-30;/h3-8,13H,2,9-12,14-15H2,1H3,(H2,27,28,29);1H. The van der Waals surface area contributed by atoms with Crippen molar-refractivity contribution in [3.05, 3.63) is 65.0 Å². The van der Waals surface area contributed by atoms with E-state index in [0.717, 1.165) is 17.7 Å². The molecule has 2 aromatic rings. The number of ether oxygens (including phenoxy) is 1. The highest BCUT2D eigenvalue weighted by Crippen LogP contribution is 2.29. The van der Waals surface area contributed by atoms with Crippen LogP contribution in [0.4, 0.5) is 23.2 Å². The SMILES string of the molecule is CCNC(=NCc1ccc(N2CCOCC2)c(F)c1)NCc1ccc(C(F)(F)F)cc1.I. The monoisotopic (exact) mass is 566 g/mol. The van der Waals surface area contributed by atoms with Crippen LogP contribution in [-0.4, -0.2) is 38.8 Å². The van der Waals surface area contributed by atoms with Crippen LogP contribution in [0.5, 0.6) is 0 Å². The van der Waals surface area contributed by atoms with Gasteiger partial charge >= 0.3 is 6.18 Å². The summed E-state index contributed by atoms with van der Waals surface area (Å²) in [6.45, 7) is 5.59. The topological polar surface area (TPSA) is 48.9 Å². The van der Waals surface area contributed by atoms with Crippen LogP contribution in [-0.2, 0) is 24.0 Å². The Morgan fingerprint density at radius 3 is 2.28 bits per heavy atom. The molecule has 0 aliphatic carbocycles. The van der Waals surface area contributed by atoms with E-state index in [1.165, 1.54) is 18.2 Å². The quantitative estimate of drug-likeness (QED) is 0.233. The number of nitrogens with one attached hydrogen (secondary N) is 2. The number of aliphatic imine (C=N–C) groups is 1. The van der Waals surface area contributed by atoms with Crippen molar-refractivity contribution in [1.82, 2.24) is 10.6 Å². The zero-order chi connectivity index (χ0) is 22.3. The third-order valence-corrected chi connectivity index (χ3v) is 4.87. The lowest BCUT2D eigenvalue weighted by molar-refractivity contribution is -0.137. The van der Waals surface area contributed by atoms with Gasteiger partial charge in [-0.25, -0.2) is 9.38 Å². The van der Waals surface area contributed by atoms with Gasteiger partial charge in [0, 0.05) is 26.2 Å². The molecule has 0 bridgehead atoms. The summed E-state index contributed by atoms with van der Waals surface area (Å²) in [4.78, 5) is 6.41. The molecule has 0 aromatic heterocycles. The van der Waals surface area contributed by atoms with E-state index in [-0.39, 0.29) is 36.3 Å². The van der Waals surface area contributed by atoms with E-state index in [1.54, 1.807) is 6.07 Å². The molecular formula is C22H27F4IN4O. The second-order valence-electron chi connectivity index (χ2n) is 7.13. The molecule has 2 N–H and O–H groups in total. The minimum Gasteiger partial charge on any atom is -0.378 e. The van der Waals surface area contributed by atoms with Gasteiger partial charge in [0.05, 0.1) is 31.0 Å². The Labute approximate surface area is 202 Å². The van der Waals surface area contributed by atoms with Crippen molar-refractivity contribution in [3.8, 4) is 0 Å². The highest BCUT2D eigenvalue weighted by atomic mass is 127. The lowest BCUT2D eigenvalue weighted by Crippen LogP contribution is -2.37. The molecule has 0 radical (unpaired) electrons. The molecule has 0 unspecified atom stereocenters. The van der Waals surface area contributed by atoms with Crippen LogP contribution in [0, 0.1) is 5.82 Å². The first kappa shape index (κ1) is 26.2. The van der Waals surface area contributed by atoms with Crippen LogP contribution in [0.2, 0.25) is 0 Å². The van der Waals surface area contributed by atoms with Crippen LogP contribution >= 0.6 is 24.0 Å². The predicted molar refractivity (Wildman–Crippen MR) is 128 cm³/mol. The molecule has 1 heterocycles. The van der Waals surface area contributed by atoms with Gasteiger partial charge in [0.2, 0.25) is 0 Å². The van der Waals surface area contributed by atoms with Crippen LogP contribution in [0.1, 0.15) is 23.6 Å².